The highest BCUT2D eigenvalue weighted by Gasteiger charge is 2.28. The van der Waals surface area contributed by atoms with Crippen LogP contribution in [-0.4, -0.2) is 19.6 Å². The van der Waals surface area contributed by atoms with Crippen molar-refractivity contribution in [1.29, 1.82) is 0 Å². The van der Waals surface area contributed by atoms with Crippen LogP contribution in [0, 0.1) is 12.3 Å². The van der Waals surface area contributed by atoms with Gasteiger partial charge >= 0.3 is 5.97 Å². The molecule has 0 fully saturated rings. The van der Waals surface area contributed by atoms with Crippen LogP contribution in [-0.2, 0) is 9.53 Å². The average molecular weight is 335 g/mol. The zero-order chi connectivity index (χ0) is 13.9. The van der Waals surface area contributed by atoms with Crippen LogP contribution in [0.3, 0.4) is 0 Å². The maximum atomic E-state index is 11.6. The molecule has 0 unspecified atom stereocenters. The summed E-state index contributed by atoms with van der Waals surface area (Å²) >= 11 is 9.54. The number of aryl methyl sites for hydroxylation is 1. The van der Waals surface area contributed by atoms with E-state index >= 15 is 0 Å². The summed E-state index contributed by atoms with van der Waals surface area (Å²) < 4.78 is 5.68. The van der Waals surface area contributed by atoms with E-state index in [-0.39, 0.29) is 5.97 Å². The molecule has 100 valence electrons. The van der Waals surface area contributed by atoms with E-state index in [0.29, 0.717) is 11.6 Å². The Morgan fingerprint density at radius 2 is 2.11 bits per heavy atom. The number of ether oxygens (including phenoxy) is 1. The molecule has 1 rings (SSSR count). The Labute approximate surface area is 121 Å². The maximum absolute atomic E-state index is 11.6. The smallest absolute Gasteiger partial charge is 0.313 e. The monoisotopic (exact) mass is 333 g/mol. The number of halogens is 2. The Kier molecular flexibility index (Phi) is 5.05. The molecule has 0 aliphatic heterocycles. The third-order valence-corrected chi connectivity index (χ3v) is 3.77. The van der Waals surface area contributed by atoms with Crippen molar-refractivity contribution in [3.05, 3.63) is 27.2 Å². The van der Waals surface area contributed by atoms with E-state index in [4.69, 9.17) is 16.3 Å². The summed E-state index contributed by atoms with van der Waals surface area (Å²) in [6.45, 7) is 6.07. The largest absolute Gasteiger partial charge is 0.469 e. The SMILES string of the molecule is COC(=O)C(C)(C)CNc1cc(Cl)c(C)cc1Br. The zero-order valence-corrected chi connectivity index (χ0v) is 13.3. The molecule has 0 radical (unpaired) electrons. The van der Waals surface area contributed by atoms with Crippen molar-refractivity contribution >= 4 is 39.2 Å². The lowest BCUT2D eigenvalue weighted by Gasteiger charge is -2.23. The van der Waals surface area contributed by atoms with Crippen LogP contribution in [0.1, 0.15) is 19.4 Å². The number of rotatable bonds is 4. The molecule has 3 nitrogen and oxygen atoms in total. The minimum atomic E-state index is -0.592. The molecule has 1 aromatic rings. The molecular formula is C13H17BrClNO2. The first kappa shape index (κ1) is 15.3. The topological polar surface area (TPSA) is 38.3 Å². The van der Waals surface area contributed by atoms with Crippen molar-refractivity contribution in [2.24, 2.45) is 5.41 Å². The first-order chi connectivity index (χ1) is 8.27. The van der Waals surface area contributed by atoms with Crippen molar-refractivity contribution in [2.75, 3.05) is 19.0 Å². The number of methoxy groups -OCH3 is 1. The van der Waals surface area contributed by atoms with Gasteiger partial charge in [0.25, 0.3) is 0 Å². The Bertz CT molecular complexity index is 461. The first-order valence-electron chi connectivity index (χ1n) is 5.56. The van der Waals surface area contributed by atoms with Crippen LogP contribution in [0.15, 0.2) is 16.6 Å². The zero-order valence-electron chi connectivity index (χ0n) is 10.9. The van der Waals surface area contributed by atoms with Crippen molar-refractivity contribution < 1.29 is 9.53 Å². The van der Waals surface area contributed by atoms with E-state index < -0.39 is 5.41 Å². The molecule has 0 aliphatic carbocycles. The number of carbonyl (C=O) groups excluding carboxylic acids is 1. The normalized spacial score (nSPS) is 11.2. The minimum Gasteiger partial charge on any atom is -0.469 e. The van der Waals surface area contributed by atoms with Gasteiger partial charge in [-0.1, -0.05) is 11.6 Å². The fourth-order valence-electron chi connectivity index (χ4n) is 1.45. The molecule has 0 saturated carbocycles. The second-order valence-corrected chi connectivity index (χ2v) is 6.07. The number of anilines is 1. The third-order valence-electron chi connectivity index (χ3n) is 2.71. The van der Waals surface area contributed by atoms with Gasteiger partial charge < -0.3 is 10.1 Å². The Balaban J connectivity index is 2.81. The predicted octanol–water partition coefficient (Wildman–Crippen LogP) is 4.02. The summed E-state index contributed by atoms with van der Waals surface area (Å²) in [6, 6.07) is 3.78. The van der Waals surface area contributed by atoms with E-state index in [1.807, 2.05) is 32.9 Å². The Morgan fingerprint density at radius 3 is 2.67 bits per heavy atom. The summed E-state index contributed by atoms with van der Waals surface area (Å²) in [6.07, 6.45) is 0. The maximum Gasteiger partial charge on any atom is 0.313 e. The minimum absolute atomic E-state index is 0.246. The van der Waals surface area contributed by atoms with E-state index in [0.717, 1.165) is 15.7 Å². The summed E-state index contributed by atoms with van der Waals surface area (Å²) in [5, 5.41) is 3.90. The molecule has 1 N–H and O–H groups in total. The molecule has 18 heavy (non-hydrogen) atoms. The second kappa shape index (κ2) is 5.93. The van der Waals surface area contributed by atoms with Gasteiger partial charge in [0.1, 0.15) is 0 Å². The van der Waals surface area contributed by atoms with Crippen molar-refractivity contribution in [2.45, 2.75) is 20.8 Å². The van der Waals surface area contributed by atoms with Crippen molar-refractivity contribution in [3.63, 3.8) is 0 Å². The molecule has 0 amide bonds. The molecule has 0 bridgehead atoms. The lowest BCUT2D eigenvalue weighted by Crippen LogP contribution is -2.33. The van der Waals surface area contributed by atoms with Gasteiger partial charge in [-0.3, -0.25) is 4.79 Å². The number of hydrogen-bond acceptors (Lipinski definition) is 3. The fourth-order valence-corrected chi connectivity index (χ4v) is 2.21. The molecule has 0 atom stereocenters. The standard InChI is InChI=1S/C13H17BrClNO2/c1-8-5-9(14)11(6-10(8)15)16-7-13(2,3)12(17)18-4/h5-6,16H,7H2,1-4H3. The summed E-state index contributed by atoms with van der Waals surface area (Å²) in [4.78, 5) is 11.6. The average Bonchev–Trinajstić information content (AvgIpc) is 2.31. The van der Waals surface area contributed by atoms with Gasteiger partial charge in [-0.25, -0.2) is 0 Å². The van der Waals surface area contributed by atoms with Crippen LogP contribution in [0.2, 0.25) is 5.02 Å². The molecule has 0 spiro atoms. The molecule has 0 aromatic heterocycles. The lowest BCUT2D eigenvalue weighted by molar-refractivity contribution is -0.149. The van der Waals surface area contributed by atoms with Crippen LogP contribution in [0.25, 0.3) is 0 Å². The van der Waals surface area contributed by atoms with E-state index in [1.54, 1.807) is 0 Å². The number of esters is 1. The predicted molar refractivity (Wildman–Crippen MR) is 78.2 cm³/mol. The van der Waals surface area contributed by atoms with Gasteiger partial charge in [0.05, 0.1) is 12.5 Å². The van der Waals surface area contributed by atoms with Crippen molar-refractivity contribution in [1.82, 2.24) is 0 Å². The summed E-state index contributed by atoms with van der Waals surface area (Å²) in [5.74, 6) is -0.246. The van der Waals surface area contributed by atoms with Gasteiger partial charge in [-0.15, -0.1) is 0 Å². The molecular weight excluding hydrogens is 318 g/mol. The highest BCUT2D eigenvalue weighted by atomic mass is 79.9. The highest BCUT2D eigenvalue weighted by molar-refractivity contribution is 9.10. The number of carbonyl (C=O) groups is 1. The lowest BCUT2D eigenvalue weighted by atomic mass is 9.93. The number of benzene rings is 1. The molecule has 0 heterocycles. The van der Waals surface area contributed by atoms with Gasteiger partial charge in [0, 0.05) is 21.7 Å². The van der Waals surface area contributed by atoms with E-state index in [2.05, 4.69) is 21.2 Å². The van der Waals surface area contributed by atoms with Crippen LogP contribution in [0.4, 0.5) is 5.69 Å². The highest BCUT2D eigenvalue weighted by Crippen LogP contribution is 2.30. The molecule has 5 heteroatoms. The van der Waals surface area contributed by atoms with E-state index in [9.17, 15) is 4.79 Å². The van der Waals surface area contributed by atoms with Gasteiger partial charge in [0.15, 0.2) is 0 Å². The first-order valence-corrected chi connectivity index (χ1v) is 6.73. The van der Waals surface area contributed by atoms with Crippen LogP contribution >= 0.6 is 27.5 Å². The quantitative estimate of drug-likeness (QED) is 0.845. The molecule has 0 aliphatic rings. The van der Waals surface area contributed by atoms with Gasteiger partial charge in [0.2, 0.25) is 0 Å². The van der Waals surface area contributed by atoms with Gasteiger partial charge in [-0.05, 0) is 54.4 Å². The van der Waals surface area contributed by atoms with Gasteiger partial charge in [-0.2, -0.15) is 0 Å². The third kappa shape index (κ3) is 3.62. The summed E-state index contributed by atoms with van der Waals surface area (Å²) in [7, 11) is 1.39. The molecule has 0 saturated heterocycles. The number of nitrogens with one attached hydrogen (secondary N) is 1. The Hall–Kier alpha value is -0.740. The molecule has 1 aromatic carbocycles. The van der Waals surface area contributed by atoms with Crippen LogP contribution in [0.5, 0.6) is 0 Å². The van der Waals surface area contributed by atoms with Crippen molar-refractivity contribution in [3.8, 4) is 0 Å². The fraction of sp³-hybridized carbons (Fsp3) is 0.462. The van der Waals surface area contributed by atoms with E-state index in [1.165, 1.54) is 7.11 Å². The second-order valence-electron chi connectivity index (χ2n) is 4.81. The summed E-state index contributed by atoms with van der Waals surface area (Å²) in [5.41, 5.74) is 1.27. The van der Waals surface area contributed by atoms with Crippen LogP contribution < -0.4 is 5.32 Å². The Morgan fingerprint density at radius 1 is 1.50 bits per heavy atom. The number of hydrogen-bond donors (Lipinski definition) is 1.